The van der Waals surface area contributed by atoms with Gasteiger partial charge in [-0.3, -0.25) is 14.4 Å². The summed E-state index contributed by atoms with van der Waals surface area (Å²) in [5.74, 6) is -1.17. The van der Waals surface area contributed by atoms with E-state index >= 15 is 0 Å². The van der Waals surface area contributed by atoms with Crippen LogP contribution in [0.4, 0.5) is 5.69 Å². The molecule has 0 heterocycles. The highest BCUT2D eigenvalue weighted by Crippen LogP contribution is 2.17. The highest BCUT2D eigenvalue weighted by atomic mass is 35.5. The lowest BCUT2D eigenvalue weighted by Gasteiger charge is -2.17. The molecule has 0 bridgehead atoms. The summed E-state index contributed by atoms with van der Waals surface area (Å²) in [6, 6.07) is 15.4. The van der Waals surface area contributed by atoms with Crippen molar-refractivity contribution in [1.29, 1.82) is 0 Å². The van der Waals surface area contributed by atoms with Crippen LogP contribution in [0.15, 0.2) is 54.6 Å². The molecule has 2 rings (SSSR count). The van der Waals surface area contributed by atoms with Crippen molar-refractivity contribution in [3.8, 4) is 0 Å². The Balaban J connectivity index is 0.00000450. The predicted octanol–water partition coefficient (Wildman–Crippen LogP) is 2.64. The lowest BCUT2D eigenvalue weighted by atomic mass is 10.1. The maximum Gasteiger partial charge on any atom is 0.253 e. The summed E-state index contributed by atoms with van der Waals surface area (Å²) in [4.78, 5) is 36.8. The lowest BCUT2D eigenvalue weighted by Crippen LogP contribution is -2.46. The van der Waals surface area contributed by atoms with Gasteiger partial charge >= 0.3 is 0 Å². The summed E-state index contributed by atoms with van der Waals surface area (Å²) < 4.78 is 0. The van der Waals surface area contributed by atoms with Crippen molar-refractivity contribution in [1.82, 2.24) is 10.6 Å². The van der Waals surface area contributed by atoms with Gasteiger partial charge in [0.05, 0.1) is 29.9 Å². The number of nitrogens with one attached hydrogen (secondary N) is 3. The first-order valence-electron chi connectivity index (χ1n) is 9.57. The Morgan fingerprint density at radius 3 is 2.17 bits per heavy atom. The summed E-state index contributed by atoms with van der Waals surface area (Å²) in [7, 11) is 0. The van der Waals surface area contributed by atoms with Gasteiger partial charge in [0.25, 0.3) is 5.91 Å². The van der Waals surface area contributed by atoms with Crippen LogP contribution < -0.4 is 21.7 Å². The van der Waals surface area contributed by atoms with Gasteiger partial charge in [-0.2, -0.15) is 0 Å². The Hall–Kier alpha value is -2.90. The minimum atomic E-state index is -0.680. The second-order valence-corrected chi connectivity index (χ2v) is 7.19. The normalized spacial score (nSPS) is 12.3. The monoisotopic (exact) mass is 432 g/mol. The smallest absolute Gasteiger partial charge is 0.253 e. The van der Waals surface area contributed by atoms with Gasteiger partial charge in [-0.1, -0.05) is 56.3 Å². The molecule has 7 nitrogen and oxygen atoms in total. The van der Waals surface area contributed by atoms with Crippen molar-refractivity contribution in [3.63, 3.8) is 0 Å². The molecule has 0 spiro atoms. The molecular weight excluding hydrogens is 404 g/mol. The van der Waals surface area contributed by atoms with Gasteiger partial charge in [0.1, 0.15) is 0 Å². The summed E-state index contributed by atoms with van der Waals surface area (Å²) in [6.07, 6.45) is 0. The van der Waals surface area contributed by atoms with E-state index in [0.29, 0.717) is 11.3 Å². The van der Waals surface area contributed by atoms with Crippen molar-refractivity contribution in [2.45, 2.75) is 32.9 Å². The Morgan fingerprint density at radius 1 is 0.933 bits per heavy atom. The van der Waals surface area contributed by atoms with Gasteiger partial charge in [0.15, 0.2) is 0 Å². The predicted molar refractivity (Wildman–Crippen MR) is 120 cm³/mol. The van der Waals surface area contributed by atoms with Crippen LogP contribution >= 0.6 is 12.4 Å². The largest absolute Gasteiger partial charge is 0.346 e. The first-order chi connectivity index (χ1) is 13.8. The number of benzene rings is 2. The fraction of sp³-hybridized carbons (Fsp3) is 0.318. The van der Waals surface area contributed by atoms with E-state index in [1.54, 1.807) is 24.3 Å². The maximum atomic E-state index is 12.7. The first kappa shape index (κ1) is 25.1. The van der Waals surface area contributed by atoms with E-state index in [9.17, 15) is 14.4 Å². The minimum Gasteiger partial charge on any atom is -0.346 e. The number of nitrogens with two attached hydrogens (primary N) is 1. The zero-order valence-corrected chi connectivity index (χ0v) is 18.2. The highest BCUT2D eigenvalue weighted by molar-refractivity contribution is 6.04. The van der Waals surface area contributed by atoms with E-state index in [0.717, 1.165) is 5.56 Å². The van der Waals surface area contributed by atoms with Crippen molar-refractivity contribution >= 4 is 35.8 Å². The van der Waals surface area contributed by atoms with Crippen LogP contribution in [0.25, 0.3) is 0 Å². The Labute approximate surface area is 183 Å². The van der Waals surface area contributed by atoms with Crippen molar-refractivity contribution in [3.05, 3.63) is 65.7 Å². The average Bonchev–Trinajstić information content (AvgIpc) is 2.72. The fourth-order valence-corrected chi connectivity index (χ4v) is 2.67. The quantitative estimate of drug-likeness (QED) is 0.513. The van der Waals surface area contributed by atoms with Gasteiger partial charge in [-0.25, -0.2) is 0 Å². The van der Waals surface area contributed by atoms with Crippen LogP contribution in [0, 0.1) is 5.92 Å². The maximum absolute atomic E-state index is 12.7. The van der Waals surface area contributed by atoms with Crippen LogP contribution in [0.2, 0.25) is 0 Å². The summed E-state index contributed by atoms with van der Waals surface area (Å²) in [5.41, 5.74) is 7.45. The SMILES string of the molecule is CC(NC(=O)c1ccccc1NC(=O)CNC(=O)[C@@H](N)C(C)C)c1ccccc1.Cl. The van der Waals surface area contributed by atoms with E-state index < -0.39 is 17.9 Å². The number of amides is 3. The Kier molecular flexibility index (Phi) is 10.0. The second-order valence-electron chi connectivity index (χ2n) is 7.19. The number of carbonyl (C=O) groups is 3. The fourth-order valence-electron chi connectivity index (χ4n) is 2.67. The molecule has 0 aliphatic heterocycles. The number of carbonyl (C=O) groups excluding carboxylic acids is 3. The lowest BCUT2D eigenvalue weighted by molar-refractivity contribution is -0.125. The van der Waals surface area contributed by atoms with Crippen LogP contribution in [0.5, 0.6) is 0 Å². The molecule has 0 fully saturated rings. The van der Waals surface area contributed by atoms with Crippen molar-refractivity contribution < 1.29 is 14.4 Å². The van der Waals surface area contributed by atoms with Gasteiger partial charge < -0.3 is 21.7 Å². The molecule has 0 radical (unpaired) electrons. The average molecular weight is 433 g/mol. The molecule has 0 saturated carbocycles. The molecule has 2 aromatic carbocycles. The number of para-hydroxylation sites is 1. The summed E-state index contributed by atoms with van der Waals surface area (Å²) >= 11 is 0. The Morgan fingerprint density at radius 2 is 1.53 bits per heavy atom. The van der Waals surface area contributed by atoms with Crippen LogP contribution in [0.3, 0.4) is 0 Å². The molecule has 0 aliphatic carbocycles. The van der Waals surface area contributed by atoms with Gasteiger partial charge in [-0.05, 0) is 30.5 Å². The number of hydrogen-bond acceptors (Lipinski definition) is 4. The molecule has 1 unspecified atom stereocenters. The molecule has 30 heavy (non-hydrogen) atoms. The van der Waals surface area contributed by atoms with E-state index in [1.165, 1.54) is 0 Å². The van der Waals surface area contributed by atoms with Gasteiger partial charge in [-0.15, -0.1) is 12.4 Å². The third kappa shape index (κ3) is 7.17. The molecule has 3 amide bonds. The molecular formula is C22H29ClN4O3. The molecule has 0 aliphatic rings. The summed E-state index contributed by atoms with van der Waals surface area (Å²) in [6.45, 7) is 5.32. The summed E-state index contributed by atoms with van der Waals surface area (Å²) in [5, 5.41) is 8.11. The third-order valence-corrected chi connectivity index (χ3v) is 4.54. The number of hydrogen-bond donors (Lipinski definition) is 4. The number of halogens is 1. The molecule has 2 aromatic rings. The number of anilines is 1. The van der Waals surface area contributed by atoms with Crippen LogP contribution in [-0.2, 0) is 9.59 Å². The van der Waals surface area contributed by atoms with Crippen LogP contribution in [0.1, 0.15) is 42.7 Å². The molecule has 8 heteroatoms. The van der Waals surface area contributed by atoms with E-state index in [4.69, 9.17) is 5.73 Å². The van der Waals surface area contributed by atoms with E-state index in [1.807, 2.05) is 51.1 Å². The third-order valence-electron chi connectivity index (χ3n) is 4.54. The highest BCUT2D eigenvalue weighted by Gasteiger charge is 2.19. The van der Waals surface area contributed by atoms with E-state index in [-0.39, 0.29) is 36.8 Å². The van der Waals surface area contributed by atoms with Crippen LogP contribution in [-0.4, -0.2) is 30.3 Å². The minimum absolute atomic E-state index is 0. The molecule has 162 valence electrons. The van der Waals surface area contributed by atoms with Gasteiger partial charge in [0.2, 0.25) is 11.8 Å². The van der Waals surface area contributed by atoms with Gasteiger partial charge in [0, 0.05) is 0 Å². The molecule has 5 N–H and O–H groups in total. The topological polar surface area (TPSA) is 113 Å². The first-order valence-corrected chi connectivity index (χ1v) is 9.57. The van der Waals surface area contributed by atoms with E-state index in [2.05, 4.69) is 16.0 Å². The Bertz CT molecular complexity index is 858. The standard InChI is InChI=1S/C22H28N4O3.ClH/c1-14(2)20(23)22(29)24-13-19(27)26-18-12-8-7-11-17(18)21(28)25-15(3)16-9-5-4-6-10-16;/h4-12,14-15,20H,13,23H2,1-3H3,(H,24,29)(H,25,28)(H,26,27);1H/t15?,20-;/m0./s1. The van der Waals surface area contributed by atoms with Crippen molar-refractivity contribution in [2.24, 2.45) is 11.7 Å². The van der Waals surface area contributed by atoms with Crippen molar-refractivity contribution in [2.75, 3.05) is 11.9 Å². The number of rotatable bonds is 8. The molecule has 0 aromatic heterocycles. The zero-order valence-electron chi connectivity index (χ0n) is 17.3. The molecule has 0 saturated heterocycles. The zero-order chi connectivity index (χ0) is 21.4. The molecule has 2 atom stereocenters. The second kappa shape index (κ2) is 11.9.